The van der Waals surface area contributed by atoms with Crippen molar-refractivity contribution in [2.75, 3.05) is 25.6 Å². The minimum absolute atomic E-state index is 0.0835. The highest BCUT2D eigenvalue weighted by Gasteiger charge is 2.20. The van der Waals surface area contributed by atoms with Gasteiger partial charge in [-0.1, -0.05) is 60.7 Å². The molecule has 0 saturated carbocycles. The predicted octanol–water partition coefficient (Wildman–Crippen LogP) is 3.07. The van der Waals surface area contributed by atoms with Crippen molar-refractivity contribution in [3.63, 3.8) is 0 Å². The molecule has 3 aromatic rings. The number of anilines is 1. The van der Waals surface area contributed by atoms with E-state index in [-0.39, 0.29) is 24.5 Å². The third kappa shape index (κ3) is 8.14. The lowest BCUT2D eigenvalue weighted by Crippen LogP contribution is -2.34. The number of amides is 2. The normalized spacial score (nSPS) is 11.2. The van der Waals surface area contributed by atoms with Crippen molar-refractivity contribution in [2.45, 2.75) is 19.1 Å². The van der Waals surface area contributed by atoms with Gasteiger partial charge < -0.3 is 29.4 Å². The van der Waals surface area contributed by atoms with E-state index in [9.17, 15) is 19.5 Å². The molecule has 1 unspecified atom stereocenters. The molecule has 0 aliphatic carbocycles. The van der Waals surface area contributed by atoms with Crippen molar-refractivity contribution >= 4 is 23.7 Å². The molecule has 3 rings (SSSR count). The summed E-state index contributed by atoms with van der Waals surface area (Å²) in [6.07, 6.45) is -1.11. The smallest absolute Gasteiger partial charge is 0.411 e. The number of carbonyl (C=O) groups excluding carboxylic acids is 3. The number of carboxylic acids is 1. The van der Waals surface area contributed by atoms with E-state index in [2.05, 4.69) is 10.6 Å². The number of hydrogen-bond acceptors (Lipinski definition) is 7. The second kappa shape index (κ2) is 13.5. The number of carbonyl (C=O) groups is 3. The number of ether oxygens (including phenoxy) is 3. The number of benzene rings is 3. The SMILES string of the molecule is COCCOc1ccc(NC(=O)OCc2ccccc2)cc1C(=O)NC(CC(=O)[O-])c1ccccc1. The number of hydrogen-bond donors (Lipinski definition) is 2. The number of rotatable bonds is 12. The maximum absolute atomic E-state index is 13.2. The minimum Gasteiger partial charge on any atom is -0.550 e. The molecule has 36 heavy (non-hydrogen) atoms. The highest BCUT2D eigenvalue weighted by Crippen LogP contribution is 2.25. The van der Waals surface area contributed by atoms with E-state index in [1.807, 2.05) is 30.3 Å². The molecule has 0 aliphatic heterocycles. The largest absolute Gasteiger partial charge is 0.550 e. The summed E-state index contributed by atoms with van der Waals surface area (Å²) in [5.74, 6) is -1.65. The van der Waals surface area contributed by atoms with E-state index in [4.69, 9.17) is 14.2 Å². The molecule has 0 heterocycles. The zero-order chi connectivity index (χ0) is 25.8. The van der Waals surface area contributed by atoms with Gasteiger partial charge in [-0.25, -0.2) is 4.79 Å². The molecule has 9 heteroatoms. The van der Waals surface area contributed by atoms with Crippen LogP contribution in [0.2, 0.25) is 0 Å². The number of aliphatic carboxylic acids is 1. The van der Waals surface area contributed by atoms with E-state index in [0.29, 0.717) is 17.9 Å². The first-order valence-electron chi connectivity index (χ1n) is 11.3. The van der Waals surface area contributed by atoms with E-state index in [1.54, 1.807) is 36.4 Å². The molecular weight excluding hydrogens is 464 g/mol. The van der Waals surface area contributed by atoms with Crippen molar-refractivity contribution in [2.24, 2.45) is 0 Å². The number of methoxy groups -OCH3 is 1. The highest BCUT2D eigenvalue weighted by atomic mass is 16.5. The van der Waals surface area contributed by atoms with E-state index >= 15 is 0 Å². The Balaban J connectivity index is 1.77. The van der Waals surface area contributed by atoms with E-state index < -0.39 is 30.4 Å². The van der Waals surface area contributed by atoms with Crippen molar-refractivity contribution in [3.05, 3.63) is 95.6 Å². The van der Waals surface area contributed by atoms with Gasteiger partial charge in [0.25, 0.3) is 5.91 Å². The fraction of sp³-hybridized carbons (Fsp3) is 0.222. The molecule has 0 fully saturated rings. The fourth-order valence-electron chi connectivity index (χ4n) is 3.36. The monoisotopic (exact) mass is 491 g/mol. The van der Waals surface area contributed by atoms with Gasteiger partial charge in [0, 0.05) is 25.2 Å². The van der Waals surface area contributed by atoms with Gasteiger partial charge in [-0.2, -0.15) is 0 Å². The molecule has 2 N–H and O–H groups in total. The van der Waals surface area contributed by atoms with Crippen LogP contribution in [0.5, 0.6) is 5.75 Å². The standard InChI is InChI=1S/C27H28N2O7/c1-34-14-15-35-24-13-12-21(28-27(33)36-18-19-8-4-2-5-9-19)16-22(24)26(32)29-23(17-25(30)31)20-10-6-3-7-11-20/h2-13,16,23H,14-15,17-18H2,1H3,(H,28,33)(H,29,32)(H,30,31)/p-1. The van der Waals surface area contributed by atoms with Gasteiger partial charge in [-0.05, 0) is 29.3 Å². The zero-order valence-corrected chi connectivity index (χ0v) is 19.8. The summed E-state index contributed by atoms with van der Waals surface area (Å²) < 4.78 is 15.9. The minimum atomic E-state index is -1.31. The number of carboxylic acid groups (broad SMARTS) is 1. The van der Waals surface area contributed by atoms with Crippen LogP contribution in [-0.4, -0.2) is 38.3 Å². The lowest BCUT2D eigenvalue weighted by atomic mass is 10.0. The van der Waals surface area contributed by atoms with Crippen LogP contribution in [0.15, 0.2) is 78.9 Å². The molecule has 0 aromatic heterocycles. The summed E-state index contributed by atoms with van der Waals surface area (Å²) >= 11 is 0. The summed E-state index contributed by atoms with van der Waals surface area (Å²) in [7, 11) is 1.52. The molecule has 0 saturated heterocycles. The summed E-state index contributed by atoms with van der Waals surface area (Å²) in [4.78, 5) is 36.8. The maximum Gasteiger partial charge on any atom is 0.411 e. The Morgan fingerprint density at radius 2 is 1.61 bits per heavy atom. The van der Waals surface area contributed by atoms with Gasteiger partial charge in [0.05, 0.1) is 18.2 Å². The van der Waals surface area contributed by atoms with Gasteiger partial charge in [0.15, 0.2) is 0 Å². The Morgan fingerprint density at radius 3 is 2.28 bits per heavy atom. The van der Waals surface area contributed by atoms with E-state index in [0.717, 1.165) is 5.56 Å². The van der Waals surface area contributed by atoms with Crippen LogP contribution in [0, 0.1) is 0 Å². The molecule has 0 spiro atoms. The van der Waals surface area contributed by atoms with Gasteiger partial charge in [-0.15, -0.1) is 0 Å². The second-order valence-corrected chi connectivity index (χ2v) is 7.75. The molecule has 0 bridgehead atoms. The van der Waals surface area contributed by atoms with Gasteiger partial charge in [-0.3, -0.25) is 10.1 Å². The Labute approximate surface area is 209 Å². The van der Waals surface area contributed by atoms with Crippen LogP contribution < -0.4 is 20.5 Å². The fourth-order valence-corrected chi connectivity index (χ4v) is 3.36. The third-order valence-corrected chi connectivity index (χ3v) is 5.11. The van der Waals surface area contributed by atoms with Crippen molar-refractivity contribution in [1.82, 2.24) is 5.32 Å². The Morgan fingerprint density at radius 1 is 0.917 bits per heavy atom. The third-order valence-electron chi connectivity index (χ3n) is 5.11. The molecule has 2 amide bonds. The average molecular weight is 492 g/mol. The molecule has 0 aliphatic rings. The molecule has 1 atom stereocenters. The first-order valence-corrected chi connectivity index (χ1v) is 11.3. The maximum atomic E-state index is 13.2. The van der Waals surface area contributed by atoms with Crippen LogP contribution in [0.4, 0.5) is 10.5 Å². The summed E-state index contributed by atoms with van der Waals surface area (Å²) in [6, 6.07) is 21.6. The van der Waals surface area contributed by atoms with E-state index in [1.165, 1.54) is 19.2 Å². The Bertz CT molecular complexity index is 1150. The van der Waals surface area contributed by atoms with Gasteiger partial charge in [0.1, 0.15) is 19.0 Å². The van der Waals surface area contributed by atoms with Crippen molar-refractivity contribution < 1.29 is 33.7 Å². The molecule has 9 nitrogen and oxygen atoms in total. The number of nitrogens with one attached hydrogen (secondary N) is 2. The van der Waals surface area contributed by atoms with Gasteiger partial charge >= 0.3 is 6.09 Å². The van der Waals surface area contributed by atoms with Gasteiger partial charge in [0.2, 0.25) is 0 Å². The topological polar surface area (TPSA) is 126 Å². The molecular formula is C27H27N2O7-. The first kappa shape index (κ1) is 26.2. The van der Waals surface area contributed by atoms with Crippen molar-refractivity contribution in [1.29, 1.82) is 0 Å². The molecule has 0 radical (unpaired) electrons. The average Bonchev–Trinajstić information content (AvgIpc) is 2.89. The quantitative estimate of drug-likeness (QED) is 0.373. The molecule has 3 aromatic carbocycles. The lowest BCUT2D eigenvalue weighted by molar-refractivity contribution is -0.306. The summed E-state index contributed by atoms with van der Waals surface area (Å²) in [6.45, 7) is 0.564. The van der Waals surface area contributed by atoms with Crippen LogP contribution in [0.1, 0.15) is 33.9 Å². The van der Waals surface area contributed by atoms with Crippen LogP contribution >= 0.6 is 0 Å². The molecule has 188 valence electrons. The summed E-state index contributed by atoms with van der Waals surface area (Å²) in [5.41, 5.74) is 1.84. The first-order chi connectivity index (χ1) is 17.5. The second-order valence-electron chi connectivity index (χ2n) is 7.75. The summed E-state index contributed by atoms with van der Waals surface area (Å²) in [5, 5.41) is 16.6. The van der Waals surface area contributed by atoms with Crippen molar-refractivity contribution in [3.8, 4) is 5.75 Å². The highest BCUT2D eigenvalue weighted by molar-refractivity contribution is 5.99. The lowest BCUT2D eigenvalue weighted by Gasteiger charge is -2.21. The predicted molar refractivity (Wildman–Crippen MR) is 130 cm³/mol. The van der Waals surface area contributed by atoms with Crippen LogP contribution in [-0.2, 0) is 20.9 Å². The van der Waals surface area contributed by atoms with Crippen LogP contribution in [0.3, 0.4) is 0 Å². The zero-order valence-electron chi connectivity index (χ0n) is 19.8. The Hall–Kier alpha value is -4.37. The van der Waals surface area contributed by atoms with Crippen LogP contribution in [0.25, 0.3) is 0 Å². The Kier molecular flexibility index (Phi) is 9.84.